The van der Waals surface area contributed by atoms with Gasteiger partial charge in [-0.2, -0.15) is 0 Å². The van der Waals surface area contributed by atoms with Gasteiger partial charge >= 0.3 is 0 Å². The summed E-state index contributed by atoms with van der Waals surface area (Å²) in [7, 11) is 1.93. The molecule has 0 spiro atoms. The van der Waals surface area contributed by atoms with E-state index in [-0.39, 0.29) is 11.9 Å². The number of ether oxygens (including phenoxy) is 1. The normalized spacial score (nSPS) is 12.1. The number of hydrogen-bond donors (Lipinski definition) is 2. The Hall–Kier alpha value is -2.00. The summed E-state index contributed by atoms with van der Waals surface area (Å²) in [6.07, 6.45) is 0.848. The Balaban J connectivity index is 2.14. The molecule has 0 amide bonds. The van der Waals surface area contributed by atoms with Crippen LogP contribution in [-0.4, -0.2) is 18.7 Å². The molecule has 0 aliphatic rings. The molecule has 0 bridgehead atoms. The molecule has 0 unspecified atom stereocenters. The van der Waals surface area contributed by atoms with Crippen LogP contribution in [-0.2, 0) is 0 Å². The Bertz CT molecular complexity index is 520. The number of hydrogen-bond acceptors (Lipinski definition) is 3. The van der Waals surface area contributed by atoms with E-state index < -0.39 is 0 Å². The number of phenolic OH excluding ortho intramolecular Hbond substituents is 1. The molecule has 3 nitrogen and oxygen atoms in total. The van der Waals surface area contributed by atoms with Gasteiger partial charge in [-0.1, -0.05) is 29.8 Å². The third kappa shape index (κ3) is 4.00. The topological polar surface area (TPSA) is 41.5 Å². The van der Waals surface area contributed by atoms with Crippen LogP contribution in [0.3, 0.4) is 0 Å². The van der Waals surface area contributed by atoms with Crippen molar-refractivity contribution in [2.75, 3.05) is 13.6 Å². The first-order chi connectivity index (χ1) is 9.69. The van der Waals surface area contributed by atoms with Gasteiger partial charge in [0.25, 0.3) is 0 Å². The molecule has 0 aromatic heterocycles. The van der Waals surface area contributed by atoms with Gasteiger partial charge in [0.2, 0.25) is 0 Å². The van der Waals surface area contributed by atoms with Crippen LogP contribution in [0, 0.1) is 6.92 Å². The summed E-state index contributed by atoms with van der Waals surface area (Å²) in [4.78, 5) is 0. The molecule has 0 aliphatic heterocycles. The molecule has 1 atom stereocenters. The summed E-state index contributed by atoms with van der Waals surface area (Å²) < 4.78 is 6.08. The zero-order valence-electron chi connectivity index (χ0n) is 12.0. The molecule has 0 radical (unpaired) electrons. The van der Waals surface area contributed by atoms with E-state index in [9.17, 15) is 5.11 Å². The summed E-state index contributed by atoms with van der Waals surface area (Å²) in [5, 5.41) is 12.5. The maximum atomic E-state index is 9.38. The Morgan fingerprint density at radius 3 is 2.30 bits per heavy atom. The zero-order chi connectivity index (χ0) is 14.4. The first-order valence-electron chi connectivity index (χ1n) is 6.86. The Morgan fingerprint density at radius 2 is 1.70 bits per heavy atom. The second-order valence-electron chi connectivity index (χ2n) is 4.90. The van der Waals surface area contributed by atoms with Crippen molar-refractivity contribution in [3.05, 3.63) is 59.7 Å². The van der Waals surface area contributed by atoms with E-state index in [4.69, 9.17) is 4.74 Å². The lowest BCUT2D eigenvalue weighted by molar-refractivity contribution is 0.195. The zero-order valence-corrected chi connectivity index (χ0v) is 12.0. The van der Waals surface area contributed by atoms with E-state index in [0.717, 1.165) is 24.3 Å². The first kappa shape index (κ1) is 14.4. The third-order valence-electron chi connectivity index (χ3n) is 3.22. The van der Waals surface area contributed by atoms with Gasteiger partial charge in [0.15, 0.2) is 0 Å². The van der Waals surface area contributed by atoms with Crippen LogP contribution in [0.2, 0.25) is 0 Å². The minimum absolute atomic E-state index is 0.0224. The molecule has 2 N–H and O–H groups in total. The van der Waals surface area contributed by atoms with Crippen molar-refractivity contribution in [2.45, 2.75) is 19.4 Å². The van der Waals surface area contributed by atoms with Crippen molar-refractivity contribution in [1.82, 2.24) is 5.32 Å². The average Bonchev–Trinajstić information content (AvgIpc) is 2.46. The molecule has 0 saturated carbocycles. The Labute approximate surface area is 120 Å². The minimum Gasteiger partial charge on any atom is -0.508 e. The predicted octanol–water partition coefficient (Wildman–Crippen LogP) is 3.43. The first-order valence-corrected chi connectivity index (χ1v) is 6.86. The van der Waals surface area contributed by atoms with Gasteiger partial charge in [0.1, 0.15) is 17.6 Å². The lowest BCUT2D eigenvalue weighted by Crippen LogP contribution is -2.16. The fourth-order valence-corrected chi connectivity index (χ4v) is 2.04. The highest BCUT2D eigenvalue weighted by Gasteiger charge is 2.13. The second kappa shape index (κ2) is 6.96. The van der Waals surface area contributed by atoms with Gasteiger partial charge in [-0.05, 0) is 50.3 Å². The maximum Gasteiger partial charge on any atom is 0.125 e. The van der Waals surface area contributed by atoms with Gasteiger partial charge in [0, 0.05) is 6.42 Å². The van der Waals surface area contributed by atoms with E-state index >= 15 is 0 Å². The summed E-state index contributed by atoms with van der Waals surface area (Å²) in [5.41, 5.74) is 2.28. The summed E-state index contributed by atoms with van der Waals surface area (Å²) in [6.45, 7) is 2.93. The van der Waals surface area contributed by atoms with Gasteiger partial charge in [-0.15, -0.1) is 0 Å². The molecule has 3 heteroatoms. The molecule has 0 heterocycles. The second-order valence-corrected chi connectivity index (χ2v) is 4.90. The van der Waals surface area contributed by atoms with E-state index in [1.807, 2.05) is 43.4 Å². The molecule has 106 valence electrons. The number of aryl methyl sites for hydroxylation is 1. The molecule has 2 aromatic carbocycles. The van der Waals surface area contributed by atoms with E-state index in [2.05, 4.69) is 12.2 Å². The molecule has 0 fully saturated rings. The van der Waals surface area contributed by atoms with Crippen LogP contribution in [0.1, 0.15) is 23.7 Å². The number of nitrogens with one attached hydrogen (secondary N) is 1. The van der Waals surface area contributed by atoms with Crippen LogP contribution in [0.15, 0.2) is 48.5 Å². The maximum absolute atomic E-state index is 9.38. The van der Waals surface area contributed by atoms with Gasteiger partial charge in [0.05, 0.1) is 0 Å². The Kier molecular flexibility index (Phi) is 5.02. The quantitative estimate of drug-likeness (QED) is 0.845. The van der Waals surface area contributed by atoms with Crippen molar-refractivity contribution in [3.63, 3.8) is 0 Å². The summed E-state index contributed by atoms with van der Waals surface area (Å²) >= 11 is 0. The fourth-order valence-electron chi connectivity index (χ4n) is 2.04. The van der Waals surface area contributed by atoms with E-state index in [0.29, 0.717) is 0 Å². The number of rotatable bonds is 6. The minimum atomic E-state index is -0.0224. The van der Waals surface area contributed by atoms with Crippen LogP contribution < -0.4 is 10.1 Å². The summed E-state index contributed by atoms with van der Waals surface area (Å²) in [5.74, 6) is 1.14. The van der Waals surface area contributed by atoms with Crippen LogP contribution in [0.25, 0.3) is 0 Å². The highest BCUT2D eigenvalue weighted by molar-refractivity contribution is 5.30. The van der Waals surface area contributed by atoms with Crippen molar-refractivity contribution in [2.24, 2.45) is 0 Å². The molecular formula is C17H21NO2. The smallest absolute Gasteiger partial charge is 0.125 e. The fraction of sp³-hybridized carbons (Fsp3) is 0.294. The molecule has 2 aromatic rings. The third-order valence-corrected chi connectivity index (χ3v) is 3.22. The molecule has 2 rings (SSSR count). The van der Waals surface area contributed by atoms with Crippen molar-refractivity contribution in [3.8, 4) is 11.5 Å². The van der Waals surface area contributed by atoms with Gasteiger partial charge < -0.3 is 15.2 Å². The highest BCUT2D eigenvalue weighted by Crippen LogP contribution is 2.26. The van der Waals surface area contributed by atoms with Gasteiger partial charge in [-0.3, -0.25) is 0 Å². The van der Waals surface area contributed by atoms with Crippen molar-refractivity contribution in [1.29, 1.82) is 0 Å². The number of benzene rings is 2. The van der Waals surface area contributed by atoms with Crippen molar-refractivity contribution < 1.29 is 9.84 Å². The predicted molar refractivity (Wildman–Crippen MR) is 81.2 cm³/mol. The monoisotopic (exact) mass is 271 g/mol. The Morgan fingerprint density at radius 1 is 1.05 bits per heavy atom. The molecule has 20 heavy (non-hydrogen) atoms. The highest BCUT2D eigenvalue weighted by atomic mass is 16.5. The van der Waals surface area contributed by atoms with E-state index in [1.165, 1.54) is 5.56 Å². The van der Waals surface area contributed by atoms with Crippen molar-refractivity contribution >= 4 is 0 Å². The number of phenols is 1. The molecular weight excluding hydrogens is 250 g/mol. The van der Waals surface area contributed by atoms with E-state index in [1.54, 1.807) is 12.1 Å². The van der Waals surface area contributed by atoms with Gasteiger partial charge in [-0.25, -0.2) is 0 Å². The molecule has 0 aliphatic carbocycles. The standard InChI is InChI=1S/C17H21NO2/c1-13-3-9-16(10-4-13)20-17(11-12-18-2)14-5-7-15(19)8-6-14/h3-10,17-19H,11-12H2,1-2H3/t17-/m1/s1. The lowest BCUT2D eigenvalue weighted by atomic mass is 10.1. The number of aromatic hydroxyl groups is 1. The lowest BCUT2D eigenvalue weighted by Gasteiger charge is -2.20. The molecule has 0 saturated heterocycles. The largest absolute Gasteiger partial charge is 0.508 e. The van der Waals surface area contributed by atoms with Crippen LogP contribution in [0.5, 0.6) is 11.5 Å². The SMILES string of the molecule is CNCC[C@@H](Oc1ccc(C)cc1)c1ccc(O)cc1. The van der Waals surface area contributed by atoms with Crippen LogP contribution >= 0.6 is 0 Å². The summed E-state index contributed by atoms with van der Waals surface area (Å²) in [6, 6.07) is 15.3. The average molecular weight is 271 g/mol. The van der Waals surface area contributed by atoms with Crippen LogP contribution in [0.4, 0.5) is 0 Å².